The Morgan fingerprint density at radius 2 is 2.17 bits per heavy atom. The van der Waals surface area contributed by atoms with Gasteiger partial charge in [0, 0.05) is 45.0 Å². The number of halogens is 1. The molecule has 96 valence electrons. The zero-order valence-corrected chi connectivity index (χ0v) is 11.0. The number of nitrogens with one attached hydrogen (secondary N) is 2. The molecule has 18 heavy (non-hydrogen) atoms. The fourth-order valence-electron chi connectivity index (χ4n) is 2.01. The summed E-state index contributed by atoms with van der Waals surface area (Å²) >= 11 is 5.98. The van der Waals surface area contributed by atoms with Crippen molar-refractivity contribution in [3.8, 4) is 6.07 Å². The molecular formula is C13H17ClN4. The number of rotatable bonds is 4. The topological polar surface area (TPSA) is 51.1 Å². The van der Waals surface area contributed by atoms with Gasteiger partial charge < -0.3 is 10.6 Å². The number of anilines is 1. The summed E-state index contributed by atoms with van der Waals surface area (Å²) in [5.41, 5.74) is 1.48. The van der Waals surface area contributed by atoms with Crippen LogP contribution in [-0.2, 0) is 0 Å². The predicted molar refractivity (Wildman–Crippen MR) is 74.0 cm³/mol. The maximum absolute atomic E-state index is 8.79. The molecule has 0 bridgehead atoms. The molecule has 1 aliphatic heterocycles. The molecule has 1 aliphatic rings. The maximum Gasteiger partial charge on any atom is 0.101 e. The first-order chi connectivity index (χ1) is 8.79. The third kappa shape index (κ3) is 3.61. The molecule has 0 unspecified atom stereocenters. The Bertz CT molecular complexity index is 435. The number of nitriles is 1. The Hall–Kier alpha value is -1.28. The summed E-state index contributed by atoms with van der Waals surface area (Å²) in [6, 6.07) is 7.50. The van der Waals surface area contributed by atoms with E-state index in [1.54, 1.807) is 12.1 Å². The van der Waals surface area contributed by atoms with E-state index in [1.807, 2.05) is 6.07 Å². The minimum atomic E-state index is 0.504. The first-order valence-electron chi connectivity index (χ1n) is 6.16. The second-order valence-corrected chi connectivity index (χ2v) is 4.73. The zero-order chi connectivity index (χ0) is 12.8. The lowest BCUT2D eigenvalue weighted by atomic mass is 10.2. The zero-order valence-electron chi connectivity index (χ0n) is 10.2. The van der Waals surface area contributed by atoms with E-state index in [-0.39, 0.29) is 0 Å². The van der Waals surface area contributed by atoms with Gasteiger partial charge >= 0.3 is 0 Å². The van der Waals surface area contributed by atoms with Crippen molar-refractivity contribution in [1.29, 1.82) is 5.26 Å². The molecule has 2 rings (SSSR count). The molecule has 0 amide bonds. The van der Waals surface area contributed by atoms with Crippen molar-refractivity contribution < 1.29 is 0 Å². The Morgan fingerprint density at radius 1 is 1.39 bits per heavy atom. The van der Waals surface area contributed by atoms with Crippen LogP contribution in [0.5, 0.6) is 0 Å². The van der Waals surface area contributed by atoms with Gasteiger partial charge in [0.15, 0.2) is 0 Å². The quantitative estimate of drug-likeness (QED) is 0.866. The molecule has 2 N–H and O–H groups in total. The second kappa shape index (κ2) is 6.60. The summed E-state index contributed by atoms with van der Waals surface area (Å²) < 4.78 is 0. The Labute approximate surface area is 113 Å². The number of piperazine rings is 1. The molecule has 0 radical (unpaired) electrons. The van der Waals surface area contributed by atoms with Crippen LogP contribution in [-0.4, -0.2) is 44.2 Å². The van der Waals surface area contributed by atoms with E-state index < -0.39 is 0 Å². The maximum atomic E-state index is 8.79. The molecule has 1 saturated heterocycles. The van der Waals surface area contributed by atoms with Crippen LogP contribution in [0.25, 0.3) is 0 Å². The van der Waals surface area contributed by atoms with Crippen LogP contribution in [0.2, 0.25) is 5.02 Å². The monoisotopic (exact) mass is 264 g/mol. The van der Waals surface area contributed by atoms with Gasteiger partial charge in [-0.05, 0) is 18.2 Å². The van der Waals surface area contributed by atoms with E-state index >= 15 is 0 Å². The van der Waals surface area contributed by atoms with Gasteiger partial charge in [-0.15, -0.1) is 0 Å². The van der Waals surface area contributed by atoms with Gasteiger partial charge in [-0.2, -0.15) is 5.26 Å². The molecule has 1 aromatic rings. The van der Waals surface area contributed by atoms with Crippen molar-refractivity contribution in [1.82, 2.24) is 10.2 Å². The van der Waals surface area contributed by atoms with Gasteiger partial charge in [0.1, 0.15) is 6.07 Å². The van der Waals surface area contributed by atoms with Crippen molar-refractivity contribution in [2.24, 2.45) is 0 Å². The summed E-state index contributed by atoms with van der Waals surface area (Å²) in [4.78, 5) is 2.43. The molecule has 1 aromatic carbocycles. The first kappa shape index (κ1) is 13.2. The molecule has 0 aromatic heterocycles. The molecule has 0 spiro atoms. The van der Waals surface area contributed by atoms with Crippen molar-refractivity contribution >= 4 is 17.3 Å². The average Bonchev–Trinajstić information content (AvgIpc) is 2.40. The largest absolute Gasteiger partial charge is 0.384 e. The third-order valence-electron chi connectivity index (χ3n) is 3.06. The Kier molecular flexibility index (Phi) is 4.82. The van der Waals surface area contributed by atoms with Gasteiger partial charge in [0.2, 0.25) is 0 Å². The van der Waals surface area contributed by atoms with Crippen LogP contribution < -0.4 is 10.6 Å². The van der Waals surface area contributed by atoms with Crippen molar-refractivity contribution in [2.75, 3.05) is 44.6 Å². The summed E-state index contributed by atoms with van der Waals surface area (Å²) in [6.07, 6.45) is 0. The SMILES string of the molecule is N#Cc1ccc(NCCN2CCNCC2)cc1Cl. The smallest absolute Gasteiger partial charge is 0.101 e. The van der Waals surface area contributed by atoms with Gasteiger partial charge in [-0.1, -0.05) is 11.6 Å². The van der Waals surface area contributed by atoms with Gasteiger partial charge in [0.05, 0.1) is 10.6 Å². The second-order valence-electron chi connectivity index (χ2n) is 4.32. The lowest BCUT2D eigenvalue weighted by molar-refractivity contribution is 0.249. The van der Waals surface area contributed by atoms with Crippen LogP contribution in [0.3, 0.4) is 0 Å². The molecule has 1 heterocycles. The van der Waals surface area contributed by atoms with E-state index in [2.05, 4.69) is 21.6 Å². The van der Waals surface area contributed by atoms with E-state index in [9.17, 15) is 0 Å². The highest BCUT2D eigenvalue weighted by Crippen LogP contribution is 2.19. The number of hydrogen-bond acceptors (Lipinski definition) is 4. The van der Waals surface area contributed by atoms with Gasteiger partial charge in [0.25, 0.3) is 0 Å². The molecule has 0 saturated carbocycles. The van der Waals surface area contributed by atoms with Crippen molar-refractivity contribution in [3.05, 3.63) is 28.8 Å². The van der Waals surface area contributed by atoms with Crippen LogP contribution in [0.15, 0.2) is 18.2 Å². The fraction of sp³-hybridized carbons (Fsp3) is 0.462. The number of nitrogens with zero attached hydrogens (tertiary/aromatic N) is 2. The summed E-state index contributed by atoms with van der Waals surface area (Å²) in [6.45, 7) is 6.28. The van der Waals surface area contributed by atoms with E-state index in [0.29, 0.717) is 10.6 Å². The first-order valence-corrected chi connectivity index (χ1v) is 6.54. The van der Waals surface area contributed by atoms with Crippen molar-refractivity contribution in [3.63, 3.8) is 0 Å². The molecule has 1 fully saturated rings. The highest BCUT2D eigenvalue weighted by Gasteiger charge is 2.08. The number of hydrogen-bond donors (Lipinski definition) is 2. The summed E-state index contributed by atoms with van der Waals surface area (Å²) in [7, 11) is 0. The Morgan fingerprint density at radius 3 is 2.83 bits per heavy atom. The van der Waals surface area contributed by atoms with Gasteiger partial charge in [-0.25, -0.2) is 0 Å². The van der Waals surface area contributed by atoms with Crippen LogP contribution in [0.1, 0.15) is 5.56 Å². The molecule has 0 aliphatic carbocycles. The number of benzene rings is 1. The lowest BCUT2D eigenvalue weighted by Gasteiger charge is -2.27. The predicted octanol–water partition coefficient (Wildman–Crippen LogP) is 1.53. The van der Waals surface area contributed by atoms with E-state index in [1.165, 1.54) is 0 Å². The van der Waals surface area contributed by atoms with Gasteiger partial charge in [-0.3, -0.25) is 4.90 Å². The molecule has 4 nitrogen and oxygen atoms in total. The van der Waals surface area contributed by atoms with E-state index in [4.69, 9.17) is 16.9 Å². The lowest BCUT2D eigenvalue weighted by Crippen LogP contribution is -2.45. The molecule has 0 atom stereocenters. The van der Waals surface area contributed by atoms with Crippen LogP contribution in [0, 0.1) is 11.3 Å². The normalized spacial score (nSPS) is 16.2. The highest BCUT2D eigenvalue weighted by atomic mass is 35.5. The fourth-order valence-corrected chi connectivity index (χ4v) is 2.23. The molecule has 5 heteroatoms. The Balaban J connectivity index is 1.79. The minimum Gasteiger partial charge on any atom is -0.384 e. The molecular weight excluding hydrogens is 248 g/mol. The minimum absolute atomic E-state index is 0.504. The summed E-state index contributed by atoms with van der Waals surface area (Å²) in [5, 5.41) is 16.0. The van der Waals surface area contributed by atoms with Crippen molar-refractivity contribution in [2.45, 2.75) is 0 Å². The summed E-state index contributed by atoms with van der Waals surface area (Å²) in [5.74, 6) is 0. The third-order valence-corrected chi connectivity index (χ3v) is 3.37. The average molecular weight is 265 g/mol. The van der Waals surface area contributed by atoms with Crippen LogP contribution >= 0.6 is 11.6 Å². The standard InChI is InChI=1S/C13H17ClN4/c14-13-9-12(2-1-11(13)10-15)17-5-8-18-6-3-16-4-7-18/h1-2,9,16-17H,3-8H2. The highest BCUT2D eigenvalue weighted by molar-refractivity contribution is 6.32. The van der Waals surface area contributed by atoms with E-state index in [0.717, 1.165) is 45.0 Å². The van der Waals surface area contributed by atoms with Crippen LogP contribution in [0.4, 0.5) is 5.69 Å².